The van der Waals surface area contributed by atoms with Crippen molar-refractivity contribution in [3.8, 4) is 0 Å². The van der Waals surface area contributed by atoms with E-state index in [4.69, 9.17) is 11.5 Å². The second-order valence-corrected chi connectivity index (χ2v) is 1.54. The number of guanidine groups is 1. The van der Waals surface area contributed by atoms with Crippen LogP contribution in [0.4, 0.5) is 0 Å². The first-order valence-corrected chi connectivity index (χ1v) is 2.36. The molecule has 0 fully saturated rings. The average molecular weight is 132 g/mol. The molecule has 0 heterocycles. The second-order valence-electron chi connectivity index (χ2n) is 1.10. The van der Waals surface area contributed by atoms with Gasteiger partial charge in [-0.1, -0.05) is 0 Å². The quantitative estimate of drug-likeness (QED) is 0.219. The van der Waals surface area contributed by atoms with Crippen LogP contribution in [0.3, 0.4) is 0 Å². The molecule has 0 rings (SSSR count). The molecule has 0 saturated carbocycles. The summed E-state index contributed by atoms with van der Waals surface area (Å²) in [6.07, 6.45) is 0. The summed E-state index contributed by atoms with van der Waals surface area (Å²) in [6, 6.07) is 0. The van der Waals surface area contributed by atoms with Crippen LogP contribution in [0.1, 0.15) is 0 Å². The maximum Gasteiger partial charge on any atom is 0.194 e. The van der Waals surface area contributed by atoms with Crippen LogP contribution in [-0.4, -0.2) is 18.1 Å². The molecule has 0 aromatic carbocycles. The average Bonchev–Trinajstić information content (AvgIpc) is 1.65. The van der Waals surface area contributed by atoms with Crippen molar-refractivity contribution in [2.24, 2.45) is 16.5 Å². The summed E-state index contributed by atoms with van der Waals surface area (Å²) in [4.78, 5) is 3.54. The lowest BCUT2D eigenvalue weighted by Gasteiger charge is -1.97. The number of nitrogens with two attached hydrogens (primary N) is 2. The largest absolute Gasteiger partial charge is 0.376 e. The van der Waals surface area contributed by atoms with Gasteiger partial charge in [0.15, 0.2) is 11.1 Å². The number of nitrogens with one attached hydrogen (secondary N) is 1. The van der Waals surface area contributed by atoms with Gasteiger partial charge in [0.05, 0.1) is 0 Å². The Bertz CT molecular complexity index is 118. The van der Waals surface area contributed by atoms with Gasteiger partial charge in [0.1, 0.15) is 0 Å². The van der Waals surface area contributed by atoms with Gasteiger partial charge >= 0.3 is 0 Å². The van der Waals surface area contributed by atoms with Crippen molar-refractivity contribution in [1.29, 1.82) is 0 Å². The number of rotatable bonds is 0. The number of nitrogens with zero attached hydrogens (tertiary/aromatic N) is 1. The van der Waals surface area contributed by atoms with Crippen molar-refractivity contribution in [2.45, 2.75) is 0 Å². The minimum absolute atomic E-state index is 0.133. The lowest BCUT2D eigenvalue weighted by atomic mass is 10.9. The number of hydrogen-bond donors (Lipinski definition) is 3. The van der Waals surface area contributed by atoms with Crippen LogP contribution < -0.4 is 16.8 Å². The molecule has 0 aliphatic rings. The zero-order chi connectivity index (χ0) is 6.57. The normalized spacial score (nSPS) is 10.9. The molecule has 5 heteroatoms. The van der Waals surface area contributed by atoms with Crippen molar-refractivity contribution in [3.63, 3.8) is 0 Å². The highest BCUT2D eigenvalue weighted by Crippen LogP contribution is 1.57. The fourth-order valence-corrected chi connectivity index (χ4v) is 0.287. The summed E-state index contributed by atoms with van der Waals surface area (Å²) >= 11 is 4.44. The van der Waals surface area contributed by atoms with E-state index < -0.39 is 0 Å². The lowest BCUT2D eigenvalue weighted by molar-refractivity contribution is 1.25. The van der Waals surface area contributed by atoms with Gasteiger partial charge in [-0.05, 0) is 12.2 Å². The highest BCUT2D eigenvalue weighted by molar-refractivity contribution is 7.80. The minimum Gasteiger partial charge on any atom is -0.376 e. The van der Waals surface area contributed by atoms with E-state index in [1.54, 1.807) is 7.05 Å². The molecule has 0 saturated heterocycles. The third-order valence-electron chi connectivity index (χ3n) is 0.492. The molecule has 0 aromatic heterocycles. The third-order valence-corrected chi connectivity index (χ3v) is 0.594. The predicted molar refractivity (Wildman–Crippen MR) is 37.5 cm³/mol. The molecule has 46 valence electrons. The molecule has 0 radical (unpaired) electrons. The molecule has 0 atom stereocenters. The Morgan fingerprint density at radius 1 is 1.62 bits per heavy atom. The van der Waals surface area contributed by atoms with E-state index in [-0.39, 0.29) is 11.1 Å². The first-order valence-electron chi connectivity index (χ1n) is 1.95. The Kier molecular flexibility index (Phi) is 2.86. The van der Waals surface area contributed by atoms with Crippen LogP contribution in [0, 0.1) is 0 Å². The first-order chi connectivity index (χ1) is 3.66. The van der Waals surface area contributed by atoms with E-state index >= 15 is 0 Å². The number of hydrogen-bond acceptors (Lipinski definition) is 2. The molecule has 0 bridgehead atoms. The van der Waals surface area contributed by atoms with Crippen molar-refractivity contribution in [3.05, 3.63) is 0 Å². The molecule has 0 spiro atoms. The highest BCUT2D eigenvalue weighted by Gasteiger charge is 1.86. The summed E-state index contributed by atoms with van der Waals surface area (Å²) in [6.45, 7) is 0. The predicted octanol–water partition coefficient (Wildman–Crippen LogP) is -1.24. The van der Waals surface area contributed by atoms with Crippen molar-refractivity contribution in [2.75, 3.05) is 7.05 Å². The van der Waals surface area contributed by atoms with Crippen molar-refractivity contribution >= 4 is 23.3 Å². The highest BCUT2D eigenvalue weighted by atomic mass is 32.1. The Hall–Kier alpha value is -0.840. The van der Waals surface area contributed by atoms with Crippen LogP contribution >= 0.6 is 12.2 Å². The van der Waals surface area contributed by atoms with Crippen LogP contribution in [0.15, 0.2) is 4.99 Å². The van der Waals surface area contributed by atoms with Crippen LogP contribution in [0.5, 0.6) is 0 Å². The van der Waals surface area contributed by atoms with Crippen molar-refractivity contribution in [1.82, 2.24) is 5.32 Å². The molecule has 0 aliphatic carbocycles. The summed E-state index contributed by atoms with van der Waals surface area (Å²) in [5.41, 5.74) is 10.2. The molecule has 0 amide bonds. The minimum atomic E-state index is 0.133. The third kappa shape index (κ3) is 3.35. The molecule has 0 aliphatic heterocycles. The van der Waals surface area contributed by atoms with Crippen LogP contribution in [0.25, 0.3) is 0 Å². The van der Waals surface area contributed by atoms with Gasteiger partial charge in [0.25, 0.3) is 0 Å². The van der Waals surface area contributed by atoms with Gasteiger partial charge in [-0.25, -0.2) is 0 Å². The number of aliphatic imine (C=N–C) groups is 1. The van der Waals surface area contributed by atoms with E-state index in [1.165, 1.54) is 0 Å². The smallest absolute Gasteiger partial charge is 0.194 e. The van der Waals surface area contributed by atoms with E-state index in [9.17, 15) is 0 Å². The van der Waals surface area contributed by atoms with Crippen LogP contribution in [0.2, 0.25) is 0 Å². The van der Waals surface area contributed by atoms with Gasteiger partial charge in [0, 0.05) is 7.05 Å². The fourth-order valence-electron chi connectivity index (χ4n) is 0.182. The Labute approximate surface area is 53.0 Å². The zero-order valence-corrected chi connectivity index (χ0v) is 5.33. The molecular formula is C3H8N4S. The standard InChI is InChI=1S/C3H8N4S/c1-6-2(4)7-3(5)8/h1H3,(H5,4,5,6,7,8). The van der Waals surface area contributed by atoms with E-state index in [1.807, 2.05) is 0 Å². The molecule has 5 N–H and O–H groups in total. The first kappa shape index (κ1) is 7.16. The SMILES string of the molecule is CN=C(N)NC(N)=S. The Balaban J connectivity index is 3.56. The van der Waals surface area contributed by atoms with Gasteiger partial charge in [0.2, 0.25) is 0 Å². The second kappa shape index (κ2) is 3.20. The molecule has 0 unspecified atom stereocenters. The van der Waals surface area contributed by atoms with E-state index in [0.29, 0.717) is 0 Å². The zero-order valence-electron chi connectivity index (χ0n) is 4.51. The maximum absolute atomic E-state index is 5.15. The lowest BCUT2D eigenvalue weighted by Crippen LogP contribution is -2.39. The summed E-state index contributed by atoms with van der Waals surface area (Å²) in [5, 5.41) is 2.56. The van der Waals surface area contributed by atoms with Gasteiger partial charge in [-0.15, -0.1) is 0 Å². The Morgan fingerprint density at radius 2 is 2.12 bits per heavy atom. The summed E-state index contributed by atoms with van der Waals surface area (Å²) in [7, 11) is 1.54. The maximum atomic E-state index is 5.15. The fraction of sp³-hybridized carbons (Fsp3) is 0.333. The van der Waals surface area contributed by atoms with Gasteiger partial charge < -0.3 is 16.8 Å². The monoisotopic (exact) mass is 132 g/mol. The summed E-state index contributed by atoms with van der Waals surface area (Å²) in [5.74, 6) is 0.234. The molecule has 8 heavy (non-hydrogen) atoms. The number of thiocarbonyl (C=S) groups is 1. The van der Waals surface area contributed by atoms with E-state index in [0.717, 1.165) is 0 Å². The Morgan fingerprint density at radius 3 is 2.25 bits per heavy atom. The van der Waals surface area contributed by atoms with Gasteiger partial charge in [-0.2, -0.15) is 0 Å². The van der Waals surface area contributed by atoms with Crippen molar-refractivity contribution < 1.29 is 0 Å². The molecular weight excluding hydrogens is 124 g/mol. The topological polar surface area (TPSA) is 76.4 Å². The van der Waals surface area contributed by atoms with E-state index in [2.05, 4.69) is 22.5 Å². The van der Waals surface area contributed by atoms with Gasteiger partial charge in [-0.3, -0.25) is 4.99 Å². The van der Waals surface area contributed by atoms with Crippen LogP contribution in [-0.2, 0) is 0 Å². The summed E-state index contributed by atoms with van der Waals surface area (Å²) < 4.78 is 0. The molecule has 0 aromatic rings. The molecule has 4 nitrogen and oxygen atoms in total.